The molecule has 1 N–H and O–H groups in total. The number of hydrogen-bond donors (Lipinski definition) is 1. The highest BCUT2D eigenvalue weighted by atomic mass is 14.9. The summed E-state index contributed by atoms with van der Waals surface area (Å²) >= 11 is 0. The maximum absolute atomic E-state index is 3.70. The SMILES string of the molecule is CCNC1CCC(C(C)C)CC1CC(C)C. The van der Waals surface area contributed by atoms with E-state index in [1.54, 1.807) is 0 Å². The zero-order valence-corrected chi connectivity index (χ0v) is 11.9. The van der Waals surface area contributed by atoms with Crippen LogP contribution in [0, 0.1) is 23.7 Å². The molecule has 0 aliphatic heterocycles. The molecule has 1 rings (SSSR count). The van der Waals surface area contributed by atoms with E-state index in [2.05, 4.69) is 39.9 Å². The fourth-order valence-corrected chi connectivity index (χ4v) is 3.30. The van der Waals surface area contributed by atoms with E-state index in [-0.39, 0.29) is 0 Å². The van der Waals surface area contributed by atoms with Crippen LogP contribution in [-0.2, 0) is 0 Å². The van der Waals surface area contributed by atoms with Crippen molar-refractivity contribution >= 4 is 0 Å². The van der Waals surface area contributed by atoms with Crippen LogP contribution in [0.15, 0.2) is 0 Å². The van der Waals surface area contributed by atoms with Crippen LogP contribution >= 0.6 is 0 Å². The molecule has 0 aromatic carbocycles. The van der Waals surface area contributed by atoms with E-state index >= 15 is 0 Å². The molecule has 1 aliphatic rings. The van der Waals surface area contributed by atoms with Gasteiger partial charge < -0.3 is 5.32 Å². The standard InChI is InChI=1S/C15H31N/c1-6-16-15-8-7-13(12(4)5)10-14(15)9-11(2)3/h11-16H,6-10H2,1-5H3. The van der Waals surface area contributed by atoms with Crippen molar-refractivity contribution in [2.45, 2.75) is 66.3 Å². The minimum atomic E-state index is 0.794. The van der Waals surface area contributed by atoms with E-state index in [9.17, 15) is 0 Å². The van der Waals surface area contributed by atoms with Crippen molar-refractivity contribution in [3.8, 4) is 0 Å². The Bertz CT molecular complexity index is 186. The third-order valence-electron chi connectivity index (χ3n) is 4.21. The van der Waals surface area contributed by atoms with Gasteiger partial charge in [0.15, 0.2) is 0 Å². The Kier molecular flexibility index (Phi) is 5.82. The molecule has 0 spiro atoms. The predicted octanol–water partition coefficient (Wildman–Crippen LogP) is 4.08. The lowest BCUT2D eigenvalue weighted by atomic mass is 9.71. The molecule has 1 fully saturated rings. The molecule has 0 amide bonds. The van der Waals surface area contributed by atoms with Gasteiger partial charge in [-0.2, -0.15) is 0 Å². The Morgan fingerprint density at radius 1 is 1.12 bits per heavy atom. The van der Waals surface area contributed by atoms with Crippen LogP contribution in [0.4, 0.5) is 0 Å². The van der Waals surface area contributed by atoms with Crippen molar-refractivity contribution in [2.24, 2.45) is 23.7 Å². The maximum atomic E-state index is 3.70. The lowest BCUT2D eigenvalue weighted by Crippen LogP contribution is -2.41. The summed E-state index contributed by atoms with van der Waals surface area (Å²) in [7, 11) is 0. The molecule has 0 saturated heterocycles. The molecular formula is C15H31N. The van der Waals surface area contributed by atoms with Crippen LogP contribution in [0.1, 0.15) is 60.3 Å². The van der Waals surface area contributed by atoms with Crippen LogP contribution in [0.25, 0.3) is 0 Å². The Balaban J connectivity index is 2.54. The summed E-state index contributed by atoms with van der Waals surface area (Å²) in [5, 5.41) is 3.70. The average molecular weight is 225 g/mol. The third kappa shape index (κ3) is 4.08. The molecule has 0 aromatic rings. The van der Waals surface area contributed by atoms with Crippen LogP contribution in [0.2, 0.25) is 0 Å². The molecule has 1 saturated carbocycles. The van der Waals surface area contributed by atoms with Gasteiger partial charge >= 0.3 is 0 Å². The molecule has 0 aromatic heterocycles. The van der Waals surface area contributed by atoms with Crippen LogP contribution < -0.4 is 5.32 Å². The molecule has 96 valence electrons. The van der Waals surface area contributed by atoms with Gasteiger partial charge in [-0.1, -0.05) is 34.6 Å². The Morgan fingerprint density at radius 2 is 1.81 bits per heavy atom. The molecular weight excluding hydrogens is 194 g/mol. The van der Waals surface area contributed by atoms with E-state index in [1.807, 2.05) is 0 Å². The van der Waals surface area contributed by atoms with Gasteiger partial charge in [-0.15, -0.1) is 0 Å². The Morgan fingerprint density at radius 3 is 2.31 bits per heavy atom. The van der Waals surface area contributed by atoms with E-state index in [0.29, 0.717) is 0 Å². The van der Waals surface area contributed by atoms with Gasteiger partial charge in [-0.05, 0) is 55.9 Å². The first-order valence-electron chi connectivity index (χ1n) is 7.27. The van der Waals surface area contributed by atoms with Gasteiger partial charge in [0.2, 0.25) is 0 Å². The zero-order chi connectivity index (χ0) is 12.1. The first kappa shape index (κ1) is 14.0. The van der Waals surface area contributed by atoms with Crippen molar-refractivity contribution in [2.75, 3.05) is 6.54 Å². The van der Waals surface area contributed by atoms with Gasteiger partial charge in [0.25, 0.3) is 0 Å². The second-order valence-electron chi connectivity index (χ2n) is 6.37. The lowest BCUT2D eigenvalue weighted by Gasteiger charge is -2.39. The Labute approximate surface area is 102 Å². The molecule has 16 heavy (non-hydrogen) atoms. The van der Waals surface area contributed by atoms with Gasteiger partial charge in [-0.25, -0.2) is 0 Å². The largest absolute Gasteiger partial charge is 0.314 e. The molecule has 1 heteroatoms. The quantitative estimate of drug-likeness (QED) is 0.743. The topological polar surface area (TPSA) is 12.0 Å². The molecule has 1 aliphatic carbocycles. The molecule has 3 atom stereocenters. The molecule has 0 bridgehead atoms. The second-order valence-corrected chi connectivity index (χ2v) is 6.37. The zero-order valence-electron chi connectivity index (χ0n) is 11.9. The summed E-state index contributed by atoms with van der Waals surface area (Å²) in [4.78, 5) is 0. The monoisotopic (exact) mass is 225 g/mol. The van der Waals surface area contributed by atoms with Crippen molar-refractivity contribution in [3.05, 3.63) is 0 Å². The first-order valence-corrected chi connectivity index (χ1v) is 7.27. The lowest BCUT2D eigenvalue weighted by molar-refractivity contribution is 0.151. The van der Waals surface area contributed by atoms with Gasteiger partial charge in [0, 0.05) is 6.04 Å². The average Bonchev–Trinajstić information content (AvgIpc) is 2.19. The van der Waals surface area contributed by atoms with Crippen LogP contribution in [0.3, 0.4) is 0 Å². The Hall–Kier alpha value is -0.0400. The summed E-state index contributed by atoms with van der Waals surface area (Å²) in [6.07, 6.45) is 5.69. The number of hydrogen-bond acceptors (Lipinski definition) is 1. The maximum Gasteiger partial charge on any atom is 0.00955 e. The van der Waals surface area contributed by atoms with Crippen LogP contribution in [-0.4, -0.2) is 12.6 Å². The summed E-state index contributed by atoms with van der Waals surface area (Å²) in [6.45, 7) is 12.9. The van der Waals surface area contributed by atoms with Gasteiger partial charge in [0.1, 0.15) is 0 Å². The molecule has 0 heterocycles. The predicted molar refractivity (Wildman–Crippen MR) is 72.6 cm³/mol. The molecule has 3 unspecified atom stereocenters. The first-order chi connectivity index (χ1) is 7.54. The van der Waals surface area contributed by atoms with Crippen molar-refractivity contribution in [1.29, 1.82) is 0 Å². The minimum Gasteiger partial charge on any atom is -0.314 e. The van der Waals surface area contributed by atoms with Crippen LogP contribution in [0.5, 0.6) is 0 Å². The summed E-state index contributed by atoms with van der Waals surface area (Å²) < 4.78 is 0. The second kappa shape index (κ2) is 6.64. The number of rotatable bonds is 5. The third-order valence-corrected chi connectivity index (χ3v) is 4.21. The summed E-state index contributed by atoms with van der Waals surface area (Å²) in [5.41, 5.74) is 0. The summed E-state index contributed by atoms with van der Waals surface area (Å²) in [6, 6.07) is 0.794. The minimum absolute atomic E-state index is 0.794. The summed E-state index contributed by atoms with van der Waals surface area (Å²) in [5.74, 6) is 3.61. The smallest absolute Gasteiger partial charge is 0.00955 e. The van der Waals surface area contributed by atoms with E-state index in [4.69, 9.17) is 0 Å². The van der Waals surface area contributed by atoms with E-state index in [0.717, 1.165) is 36.3 Å². The van der Waals surface area contributed by atoms with E-state index in [1.165, 1.54) is 25.7 Å². The highest BCUT2D eigenvalue weighted by Gasteiger charge is 2.31. The van der Waals surface area contributed by atoms with Crippen molar-refractivity contribution in [1.82, 2.24) is 5.32 Å². The van der Waals surface area contributed by atoms with Gasteiger partial charge in [-0.3, -0.25) is 0 Å². The highest BCUT2D eigenvalue weighted by Crippen LogP contribution is 2.36. The van der Waals surface area contributed by atoms with Gasteiger partial charge in [0.05, 0.1) is 0 Å². The fraction of sp³-hybridized carbons (Fsp3) is 1.00. The highest BCUT2D eigenvalue weighted by molar-refractivity contribution is 4.86. The van der Waals surface area contributed by atoms with Crippen molar-refractivity contribution in [3.63, 3.8) is 0 Å². The number of nitrogens with one attached hydrogen (secondary N) is 1. The molecule has 0 radical (unpaired) electrons. The van der Waals surface area contributed by atoms with E-state index < -0.39 is 0 Å². The van der Waals surface area contributed by atoms with Crippen molar-refractivity contribution < 1.29 is 0 Å². The molecule has 1 nitrogen and oxygen atoms in total. The fourth-order valence-electron chi connectivity index (χ4n) is 3.30. The normalized spacial score (nSPS) is 31.3.